The van der Waals surface area contributed by atoms with Crippen molar-refractivity contribution in [3.63, 3.8) is 0 Å². The summed E-state index contributed by atoms with van der Waals surface area (Å²) in [6.45, 7) is 14.8. The summed E-state index contributed by atoms with van der Waals surface area (Å²) in [5.41, 5.74) is -0.882. The van der Waals surface area contributed by atoms with Crippen LogP contribution in [-0.2, 0) is 19.1 Å². The summed E-state index contributed by atoms with van der Waals surface area (Å²) in [5.74, 6) is -0.879. The van der Waals surface area contributed by atoms with Gasteiger partial charge in [-0.15, -0.1) is 0 Å². The summed E-state index contributed by atoms with van der Waals surface area (Å²) in [6, 6.07) is 7.10. The Morgan fingerprint density at radius 1 is 1.07 bits per heavy atom. The first-order valence-corrected chi connectivity index (χ1v) is 9.91. The van der Waals surface area contributed by atoms with Gasteiger partial charge in [0.2, 0.25) is 0 Å². The zero-order valence-corrected chi connectivity index (χ0v) is 18.9. The molecule has 0 saturated carbocycles. The van der Waals surface area contributed by atoms with Gasteiger partial charge < -0.3 is 14.2 Å². The molecule has 0 spiro atoms. The second-order valence-corrected chi connectivity index (χ2v) is 9.63. The molecule has 0 aliphatic carbocycles. The van der Waals surface area contributed by atoms with Gasteiger partial charge in [0.15, 0.2) is 0 Å². The van der Waals surface area contributed by atoms with Crippen molar-refractivity contribution in [2.45, 2.75) is 79.6 Å². The molecule has 6 heteroatoms. The van der Waals surface area contributed by atoms with Crippen LogP contribution >= 0.6 is 11.6 Å². The summed E-state index contributed by atoms with van der Waals surface area (Å²) in [6.07, 6.45) is -0.950. The quantitative estimate of drug-likeness (QED) is 0.558. The number of hydrogen-bond acceptors (Lipinski definition) is 5. The van der Waals surface area contributed by atoms with Gasteiger partial charge in [-0.2, -0.15) is 0 Å². The number of carbonyl (C=O) groups is 2. The number of halogens is 1. The first-order chi connectivity index (χ1) is 12.7. The molecule has 28 heavy (non-hydrogen) atoms. The van der Waals surface area contributed by atoms with Gasteiger partial charge in [-0.3, -0.25) is 9.59 Å². The molecule has 0 N–H and O–H groups in total. The smallest absolute Gasteiger partial charge is 0.309 e. The Morgan fingerprint density at radius 3 is 2.18 bits per heavy atom. The first-order valence-electron chi connectivity index (χ1n) is 9.53. The Hall–Kier alpha value is -1.75. The minimum absolute atomic E-state index is 0.0296. The van der Waals surface area contributed by atoms with Crippen molar-refractivity contribution >= 4 is 23.5 Å². The molecule has 0 aliphatic heterocycles. The van der Waals surface area contributed by atoms with Crippen molar-refractivity contribution in [3.8, 4) is 5.75 Å². The number of esters is 2. The van der Waals surface area contributed by atoms with Crippen LogP contribution in [0.25, 0.3) is 0 Å². The maximum Gasteiger partial charge on any atom is 0.309 e. The molecule has 158 valence electrons. The highest BCUT2D eigenvalue weighted by Gasteiger charge is 2.35. The number of ether oxygens (including phenoxy) is 3. The highest BCUT2D eigenvalue weighted by atomic mass is 35.5. The number of benzene rings is 1. The van der Waals surface area contributed by atoms with Crippen molar-refractivity contribution in [1.29, 1.82) is 0 Å². The lowest BCUT2D eigenvalue weighted by Crippen LogP contribution is -2.44. The lowest BCUT2D eigenvalue weighted by atomic mass is 9.86. The van der Waals surface area contributed by atoms with E-state index in [4.69, 9.17) is 25.8 Å². The average Bonchev–Trinajstić information content (AvgIpc) is 2.49. The number of hydrogen-bond donors (Lipinski definition) is 0. The second kappa shape index (κ2) is 9.64. The molecule has 0 amide bonds. The average molecular weight is 413 g/mol. The molecule has 1 aromatic rings. The maximum atomic E-state index is 12.5. The molecule has 1 rings (SSSR count). The predicted molar refractivity (Wildman–Crippen MR) is 111 cm³/mol. The molecule has 1 aromatic carbocycles. The zero-order chi connectivity index (χ0) is 21.7. The lowest BCUT2D eigenvalue weighted by Gasteiger charge is -2.35. The fourth-order valence-corrected chi connectivity index (χ4v) is 2.92. The van der Waals surface area contributed by atoms with Crippen LogP contribution in [0, 0.1) is 11.3 Å². The van der Waals surface area contributed by atoms with Crippen LogP contribution in [0.3, 0.4) is 0 Å². The number of rotatable bonds is 7. The number of carbonyl (C=O) groups excluding carboxylic acids is 2. The Balaban J connectivity index is 2.77. The summed E-state index contributed by atoms with van der Waals surface area (Å²) >= 11 is 6.03. The molecule has 0 bridgehead atoms. The van der Waals surface area contributed by atoms with Crippen molar-refractivity contribution in [1.82, 2.24) is 0 Å². The normalized spacial score (nSPS) is 15.3. The third-order valence-electron chi connectivity index (χ3n) is 3.94. The third kappa shape index (κ3) is 8.51. The minimum atomic E-state index is -0.607. The molecular formula is C22H33ClO5. The Morgan fingerprint density at radius 2 is 1.68 bits per heavy atom. The molecule has 0 unspecified atom stereocenters. The van der Waals surface area contributed by atoms with Crippen molar-refractivity contribution < 1.29 is 23.8 Å². The van der Waals surface area contributed by atoms with E-state index in [9.17, 15) is 9.59 Å². The van der Waals surface area contributed by atoms with Gasteiger partial charge >= 0.3 is 11.9 Å². The Kier molecular flexibility index (Phi) is 8.36. The van der Waals surface area contributed by atoms with Crippen molar-refractivity contribution in [3.05, 3.63) is 29.3 Å². The van der Waals surface area contributed by atoms with Gasteiger partial charge in [-0.25, -0.2) is 0 Å². The molecule has 0 aliphatic rings. The topological polar surface area (TPSA) is 61.8 Å². The van der Waals surface area contributed by atoms with Crippen LogP contribution in [0.2, 0.25) is 5.02 Å². The van der Waals surface area contributed by atoms with Crippen LogP contribution in [0.15, 0.2) is 24.3 Å². The van der Waals surface area contributed by atoms with Crippen LogP contribution in [0.1, 0.15) is 61.8 Å². The van der Waals surface area contributed by atoms with Crippen LogP contribution in [0.4, 0.5) is 0 Å². The highest BCUT2D eigenvalue weighted by Crippen LogP contribution is 2.30. The van der Waals surface area contributed by atoms with E-state index < -0.39 is 35.7 Å². The van der Waals surface area contributed by atoms with E-state index in [1.54, 1.807) is 52.8 Å². The molecule has 0 radical (unpaired) electrons. The fourth-order valence-electron chi connectivity index (χ4n) is 2.74. The Labute approximate surface area is 173 Å². The summed E-state index contributed by atoms with van der Waals surface area (Å²) < 4.78 is 17.0. The van der Waals surface area contributed by atoms with E-state index in [0.717, 1.165) is 0 Å². The van der Waals surface area contributed by atoms with E-state index in [0.29, 0.717) is 10.8 Å². The lowest BCUT2D eigenvalue weighted by molar-refractivity contribution is -0.167. The van der Waals surface area contributed by atoms with Gasteiger partial charge in [0.1, 0.15) is 23.6 Å². The van der Waals surface area contributed by atoms with E-state index in [1.165, 1.54) is 0 Å². The predicted octanol–water partition coefficient (Wildman–Crippen LogP) is 5.43. The molecule has 0 saturated heterocycles. The van der Waals surface area contributed by atoms with Crippen molar-refractivity contribution in [2.24, 2.45) is 11.3 Å². The minimum Gasteiger partial charge on any atom is -0.486 e. The van der Waals surface area contributed by atoms with Gasteiger partial charge in [0, 0.05) is 10.4 Å². The highest BCUT2D eigenvalue weighted by molar-refractivity contribution is 6.30. The standard InChI is InChI=1S/C22H33ClO5/c1-14(12-18(24)28-22(6,7)8)20(25)26-15(2)19(21(3,4)5)27-17-11-9-10-16(23)13-17/h9-11,13-15,19H,12H2,1-8H3/t14-,15+,19+/m1/s1. The third-order valence-corrected chi connectivity index (χ3v) is 4.17. The molecule has 3 atom stereocenters. The van der Waals surface area contributed by atoms with Crippen LogP contribution < -0.4 is 4.74 Å². The van der Waals surface area contributed by atoms with Gasteiger partial charge in [-0.1, -0.05) is 45.4 Å². The maximum absolute atomic E-state index is 12.5. The molecular weight excluding hydrogens is 380 g/mol. The first kappa shape index (κ1) is 24.3. The SMILES string of the molecule is C[C@H](CC(=O)OC(C)(C)C)C(=O)O[C@@H](C)[C@H](Oc1cccc(Cl)c1)C(C)(C)C. The molecule has 0 heterocycles. The monoisotopic (exact) mass is 412 g/mol. The summed E-state index contributed by atoms with van der Waals surface area (Å²) in [7, 11) is 0. The molecule has 0 fully saturated rings. The van der Waals surface area contributed by atoms with E-state index >= 15 is 0 Å². The van der Waals surface area contributed by atoms with Gasteiger partial charge in [0.25, 0.3) is 0 Å². The zero-order valence-electron chi connectivity index (χ0n) is 18.2. The summed E-state index contributed by atoms with van der Waals surface area (Å²) in [5, 5.41) is 0.570. The largest absolute Gasteiger partial charge is 0.486 e. The van der Waals surface area contributed by atoms with E-state index in [1.807, 2.05) is 26.8 Å². The van der Waals surface area contributed by atoms with Crippen molar-refractivity contribution in [2.75, 3.05) is 0 Å². The Bertz CT molecular complexity index is 672. The van der Waals surface area contributed by atoms with E-state index in [2.05, 4.69) is 0 Å². The van der Waals surface area contributed by atoms with Gasteiger partial charge in [0.05, 0.1) is 12.3 Å². The van der Waals surface area contributed by atoms with Crippen LogP contribution in [0.5, 0.6) is 5.75 Å². The van der Waals surface area contributed by atoms with Crippen LogP contribution in [-0.4, -0.2) is 29.7 Å². The van der Waals surface area contributed by atoms with Gasteiger partial charge in [-0.05, 0) is 45.9 Å². The van der Waals surface area contributed by atoms with E-state index in [-0.39, 0.29) is 11.8 Å². The molecule has 0 aromatic heterocycles. The summed E-state index contributed by atoms with van der Waals surface area (Å²) in [4.78, 5) is 24.4. The molecule has 5 nitrogen and oxygen atoms in total. The fraction of sp³-hybridized carbons (Fsp3) is 0.636. The second-order valence-electron chi connectivity index (χ2n) is 9.20.